The van der Waals surface area contributed by atoms with Gasteiger partial charge >= 0.3 is 11.9 Å². The van der Waals surface area contributed by atoms with Gasteiger partial charge in [-0.25, -0.2) is 0 Å². The summed E-state index contributed by atoms with van der Waals surface area (Å²) in [5, 5.41) is 8.83. The number of carboxylic acids is 1. The fourth-order valence-corrected chi connectivity index (χ4v) is 5.83. The van der Waals surface area contributed by atoms with Gasteiger partial charge in [-0.1, -0.05) is 168 Å². The smallest absolute Gasteiger partial charge is 0.306 e. The van der Waals surface area contributed by atoms with Crippen molar-refractivity contribution in [2.45, 2.75) is 225 Å². The molecule has 0 aromatic heterocycles. The Labute approximate surface area is 256 Å². The molecule has 0 radical (unpaired) electrons. The van der Waals surface area contributed by atoms with Crippen molar-refractivity contribution in [3.8, 4) is 0 Å². The summed E-state index contributed by atoms with van der Waals surface area (Å²) in [4.78, 5) is 23.3. The molecule has 244 valence electrons. The molecule has 0 spiro atoms. The van der Waals surface area contributed by atoms with Gasteiger partial charge in [0, 0.05) is 12.8 Å². The van der Waals surface area contributed by atoms with E-state index in [2.05, 4.69) is 13.8 Å². The second kappa shape index (κ2) is 33.4. The zero-order valence-corrected chi connectivity index (χ0v) is 27.9. The molecule has 41 heavy (non-hydrogen) atoms. The highest BCUT2D eigenvalue weighted by molar-refractivity contribution is 5.69. The van der Waals surface area contributed by atoms with Crippen LogP contribution in [-0.2, 0) is 14.3 Å². The molecule has 0 aliphatic heterocycles. The highest BCUT2D eigenvalue weighted by atomic mass is 16.5. The Balaban J connectivity index is 3.98. The molecule has 4 nitrogen and oxygen atoms in total. The van der Waals surface area contributed by atoms with E-state index in [0.29, 0.717) is 6.42 Å². The number of hydrogen-bond acceptors (Lipinski definition) is 3. The van der Waals surface area contributed by atoms with Gasteiger partial charge in [0.05, 0.1) is 0 Å². The molecule has 0 amide bonds. The predicted octanol–water partition coefficient (Wildman–Crippen LogP) is 12.5. The molecule has 0 saturated heterocycles. The summed E-state index contributed by atoms with van der Waals surface area (Å²) < 4.78 is 5.96. The number of esters is 1. The molecular formula is C37H72O4. The van der Waals surface area contributed by atoms with Crippen LogP contribution in [0.2, 0.25) is 0 Å². The van der Waals surface area contributed by atoms with E-state index in [1.165, 1.54) is 135 Å². The van der Waals surface area contributed by atoms with Crippen molar-refractivity contribution in [2.75, 3.05) is 0 Å². The van der Waals surface area contributed by atoms with Crippen LogP contribution in [0, 0.1) is 0 Å². The summed E-state index contributed by atoms with van der Waals surface area (Å²) in [5.41, 5.74) is 0. The van der Waals surface area contributed by atoms with Gasteiger partial charge in [-0.3, -0.25) is 9.59 Å². The van der Waals surface area contributed by atoms with Crippen LogP contribution in [-0.4, -0.2) is 23.1 Å². The van der Waals surface area contributed by atoms with Crippen LogP contribution in [0.25, 0.3) is 0 Å². The van der Waals surface area contributed by atoms with E-state index in [1.807, 2.05) is 0 Å². The van der Waals surface area contributed by atoms with Crippen LogP contribution in [0.15, 0.2) is 0 Å². The lowest BCUT2D eigenvalue weighted by Crippen LogP contribution is -2.18. The molecular weight excluding hydrogens is 508 g/mol. The number of aliphatic carboxylic acids is 1. The third-order valence-corrected chi connectivity index (χ3v) is 8.58. The highest BCUT2D eigenvalue weighted by Crippen LogP contribution is 2.19. The van der Waals surface area contributed by atoms with Gasteiger partial charge in [0.15, 0.2) is 0 Å². The summed E-state index contributed by atoms with van der Waals surface area (Å²) in [5.74, 6) is -0.714. The summed E-state index contributed by atoms with van der Waals surface area (Å²) in [6.07, 6.45) is 38.2. The van der Waals surface area contributed by atoms with Gasteiger partial charge < -0.3 is 9.84 Å². The molecule has 0 rings (SSSR count). The summed E-state index contributed by atoms with van der Waals surface area (Å²) in [6, 6.07) is 0. The van der Waals surface area contributed by atoms with Crippen molar-refractivity contribution >= 4 is 11.9 Å². The molecule has 0 saturated carbocycles. The molecule has 0 bridgehead atoms. The predicted molar refractivity (Wildman–Crippen MR) is 177 cm³/mol. The monoisotopic (exact) mass is 581 g/mol. The number of unbranched alkanes of at least 4 members (excludes halogenated alkanes) is 25. The molecule has 0 aromatic rings. The van der Waals surface area contributed by atoms with Gasteiger partial charge in [0.25, 0.3) is 0 Å². The minimum atomic E-state index is -0.707. The minimum Gasteiger partial charge on any atom is -0.481 e. The van der Waals surface area contributed by atoms with Gasteiger partial charge in [0.1, 0.15) is 6.10 Å². The normalized spacial score (nSPS) is 12.0. The zero-order valence-electron chi connectivity index (χ0n) is 27.9. The Bertz CT molecular complexity index is 547. The summed E-state index contributed by atoms with van der Waals surface area (Å²) >= 11 is 0. The first-order valence-corrected chi connectivity index (χ1v) is 18.5. The van der Waals surface area contributed by atoms with Gasteiger partial charge in [-0.05, 0) is 38.5 Å². The molecule has 0 heterocycles. The molecule has 0 fully saturated rings. The maximum Gasteiger partial charge on any atom is 0.306 e. The number of carbonyl (C=O) groups excluding carboxylic acids is 1. The van der Waals surface area contributed by atoms with E-state index in [9.17, 15) is 9.59 Å². The van der Waals surface area contributed by atoms with E-state index in [0.717, 1.165) is 57.8 Å². The van der Waals surface area contributed by atoms with Crippen molar-refractivity contribution in [2.24, 2.45) is 0 Å². The maximum absolute atomic E-state index is 12.6. The first kappa shape index (κ1) is 39.9. The van der Waals surface area contributed by atoms with Crippen molar-refractivity contribution in [1.29, 1.82) is 0 Å². The first-order chi connectivity index (χ1) is 20.1. The van der Waals surface area contributed by atoms with Crippen LogP contribution in [0.5, 0.6) is 0 Å². The minimum absolute atomic E-state index is 0.00751. The van der Waals surface area contributed by atoms with E-state index in [1.54, 1.807) is 0 Å². The van der Waals surface area contributed by atoms with Crippen LogP contribution in [0.1, 0.15) is 219 Å². The van der Waals surface area contributed by atoms with E-state index in [4.69, 9.17) is 9.84 Å². The van der Waals surface area contributed by atoms with E-state index in [-0.39, 0.29) is 18.5 Å². The SMILES string of the molecule is CCCCCCCCCCCCCCC(=O)OC(CCCCCCCCCCCCCC)CCCCCCC(=O)O. The third-order valence-electron chi connectivity index (χ3n) is 8.58. The molecule has 0 aromatic carbocycles. The Morgan fingerprint density at radius 3 is 1.07 bits per heavy atom. The topological polar surface area (TPSA) is 63.6 Å². The van der Waals surface area contributed by atoms with Crippen LogP contribution in [0.3, 0.4) is 0 Å². The molecule has 0 aliphatic rings. The van der Waals surface area contributed by atoms with Crippen LogP contribution >= 0.6 is 0 Å². The number of carboxylic acid groups (broad SMARTS) is 1. The summed E-state index contributed by atoms with van der Waals surface area (Å²) in [7, 11) is 0. The second-order valence-electron chi connectivity index (χ2n) is 12.8. The quantitative estimate of drug-likeness (QED) is 0.0607. The third kappa shape index (κ3) is 33.3. The number of ether oxygens (including phenoxy) is 1. The molecule has 0 aliphatic carbocycles. The Hall–Kier alpha value is -1.06. The van der Waals surface area contributed by atoms with Crippen LogP contribution < -0.4 is 0 Å². The second-order valence-corrected chi connectivity index (χ2v) is 12.8. The van der Waals surface area contributed by atoms with Crippen molar-refractivity contribution in [3.63, 3.8) is 0 Å². The van der Waals surface area contributed by atoms with E-state index < -0.39 is 5.97 Å². The molecule has 4 heteroatoms. The first-order valence-electron chi connectivity index (χ1n) is 18.5. The average molecular weight is 581 g/mol. The lowest BCUT2D eigenvalue weighted by Gasteiger charge is -2.18. The largest absolute Gasteiger partial charge is 0.481 e. The van der Waals surface area contributed by atoms with Crippen molar-refractivity contribution in [3.05, 3.63) is 0 Å². The summed E-state index contributed by atoms with van der Waals surface area (Å²) in [6.45, 7) is 4.55. The maximum atomic E-state index is 12.6. The molecule has 1 N–H and O–H groups in total. The highest BCUT2D eigenvalue weighted by Gasteiger charge is 2.14. The zero-order chi connectivity index (χ0) is 30.1. The van der Waals surface area contributed by atoms with E-state index >= 15 is 0 Å². The van der Waals surface area contributed by atoms with Crippen LogP contribution in [0.4, 0.5) is 0 Å². The molecule has 1 unspecified atom stereocenters. The Kier molecular flexibility index (Phi) is 32.6. The number of rotatable bonds is 34. The fraction of sp³-hybridized carbons (Fsp3) is 0.946. The lowest BCUT2D eigenvalue weighted by atomic mass is 10.0. The van der Waals surface area contributed by atoms with Gasteiger partial charge in [-0.2, -0.15) is 0 Å². The van der Waals surface area contributed by atoms with Crippen molar-refractivity contribution < 1.29 is 19.4 Å². The standard InChI is InChI=1S/C37H72O4/c1-3-5-7-9-11-13-15-17-19-21-23-27-31-35(32-28-25-26-29-33-36(38)39)41-37(40)34-30-24-22-20-18-16-14-12-10-8-6-4-2/h35H,3-34H2,1-2H3,(H,38,39). The van der Waals surface area contributed by atoms with Gasteiger partial charge in [-0.15, -0.1) is 0 Å². The number of hydrogen-bond donors (Lipinski definition) is 1. The molecule has 1 atom stereocenters. The Morgan fingerprint density at radius 2 is 0.732 bits per heavy atom. The average Bonchev–Trinajstić information content (AvgIpc) is 2.95. The fourth-order valence-electron chi connectivity index (χ4n) is 5.83. The van der Waals surface area contributed by atoms with Gasteiger partial charge in [0.2, 0.25) is 0 Å². The lowest BCUT2D eigenvalue weighted by molar-refractivity contribution is -0.150. The number of carbonyl (C=O) groups is 2. The van der Waals surface area contributed by atoms with Crippen molar-refractivity contribution in [1.82, 2.24) is 0 Å². The Morgan fingerprint density at radius 1 is 0.439 bits per heavy atom.